The summed E-state index contributed by atoms with van der Waals surface area (Å²) in [6.45, 7) is 3.50. The van der Waals surface area contributed by atoms with Gasteiger partial charge in [-0.3, -0.25) is 14.5 Å². The minimum atomic E-state index is -0.668. The van der Waals surface area contributed by atoms with Gasteiger partial charge >= 0.3 is 0 Å². The molecule has 1 atom stereocenters. The number of aromatic nitrogens is 1. The number of hydrogen-bond acceptors (Lipinski definition) is 5. The van der Waals surface area contributed by atoms with E-state index in [0.29, 0.717) is 12.4 Å². The number of amides is 2. The SMILES string of the molecule is Cc1cccc(NC(=O)C2CCCN(CC(=O)N(C)C3(C#N)CCCCC3)C2)n1. The highest BCUT2D eigenvalue weighted by Crippen LogP contribution is 2.32. The maximum atomic E-state index is 12.9. The van der Waals surface area contributed by atoms with Crippen LogP contribution in [-0.2, 0) is 9.59 Å². The highest BCUT2D eigenvalue weighted by atomic mass is 16.2. The molecule has 1 saturated heterocycles. The van der Waals surface area contributed by atoms with Gasteiger partial charge in [0.2, 0.25) is 11.8 Å². The summed E-state index contributed by atoms with van der Waals surface area (Å²) in [4.78, 5) is 33.6. The lowest BCUT2D eigenvalue weighted by Crippen LogP contribution is -2.53. The van der Waals surface area contributed by atoms with E-state index in [1.54, 1.807) is 18.0 Å². The Morgan fingerprint density at radius 3 is 2.76 bits per heavy atom. The van der Waals surface area contributed by atoms with Crippen molar-refractivity contribution in [3.8, 4) is 6.07 Å². The molecule has 0 bridgehead atoms. The number of nitriles is 1. The number of nitrogens with one attached hydrogen (secondary N) is 1. The molecule has 1 aromatic heterocycles. The van der Waals surface area contributed by atoms with Crippen LogP contribution in [0.1, 0.15) is 50.6 Å². The summed E-state index contributed by atoms with van der Waals surface area (Å²) in [6.07, 6.45) is 6.29. The van der Waals surface area contributed by atoms with Crippen LogP contribution in [-0.4, -0.2) is 58.8 Å². The van der Waals surface area contributed by atoms with E-state index in [2.05, 4.69) is 16.4 Å². The van der Waals surface area contributed by atoms with Crippen molar-refractivity contribution in [2.24, 2.45) is 5.92 Å². The van der Waals surface area contributed by atoms with Gasteiger partial charge in [0.15, 0.2) is 0 Å². The highest BCUT2D eigenvalue weighted by molar-refractivity contribution is 5.92. The Morgan fingerprint density at radius 1 is 1.31 bits per heavy atom. The zero-order valence-electron chi connectivity index (χ0n) is 17.5. The first-order valence-electron chi connectivity index (χ1n) is 10.6. The number of aryl methyl sites for hydroxylation is 1. The Kier molecular flexibility index (Phi) is 6.86. The second-order valence-corrected chi connectivity index (χ2v) is 8.38. The first kappa shape index (κ1) is 21.3. The summed E-state index contributed by atoms with van der Waals surface area (Å²) in [5.74, 6) is 0.323. The number of rotatable bonds is 5. The predicted molar refractivity (Wildman–Crippen MR) is 111 cm³/mol. The number of anilines is 1. The molecule has 1 aliphatic carbocycles. The van der Waals surface area contributed by atoms with Gasteiger partial charge in [0, 0.05) is 19.3 Å². The molecule has 1 unspecified atom stereocenters. The van der Waals surface area contributed by atoms with Crippen LogP contribution < -0.4 is 5.32 Å². The van der Waals surface area contributed by atoms with Gasteiger partial charge in [0.05, 0.1) is 18.5 Å². The van der Waals surface area contributed by atoms with Crippen molar-refractivity contribution >= 4 is 17.6 Å². The molecule has 3 rings (SSSR count). The molecule has 7 nitrogen and oxygen atoms in total. The van der Waals surface area contributed by atoms with Crippen molar-refractivity contribution < 1.29 is 9.59 Å². The van der Waals surface area contributed by atoms with Crippen molar-refractivity contribution in [2.75, 3.05) is 32.0 Å². The largest absolute Gasteiger partial charge is 0.326 e. The molecule has 7 heteroatoms. The van der Waals surface area contributed by atoms with Gasteiger partial charge in [-0.2, -0.15) is 5.26 Å². The topological polar surface area (TPSA) is 89.3 Å². The summed E-state index contributed by atoms with van der Waals surface area (Å²) in [7, 11) is 1.76. The molecule has 2 aliphatic rings. The number of pyridine rings is 1. The molecule has 1 N–H and O–H groups in total. The molecule has 0 radical (unpaired) electrons. The molecule has 0 aromatic carbocycles. The van der Waals surface area contributed by atoms with Gasteiger partial charge in [0.1, 0.15) is 11.4 Å². The van der Waals surface area contributed by atoms with Crippen molar-refractivity contribution in [1.82, 2.24) is 14.8 Å². The quantitative estimate of drug-likeness (QED) is 0.825. The number of nitrogens with zero attached hydrogens (tertiary/aromatic N) is 4. The summed E-state index contributed by atoms with van der Waals surface area (Å²) < 4.78 is 0. The maximum absolute atomic E-state index is 12.9. The molecule has 2 fully saturated rings. The summed E-state index contributed by atoms with van der Waals surface area (Å²) >= 11 is 0. The molecule has 1 saturated carbocycles. The zero-order valence-corrected chi connectivity index (χ0v) is 17.5. The Morgan fingerprint density at radius 2 is 2.07 bits per heavy atom. The maximum Gasteiger partial charge on any atom is 0.237 e. The second-order valence-electron chi connectivity index (χ2n) is 8.38. The Hall–Kier alpha value is -2.46. The van der Waals surface area contributed by atoms with Gasteiger partial charge in [-0.25, -0.2) is 4.98 Å². The van der Waals surface area contributed by atoms with Gasteiger partial charge in [-0.15, -0.1) is 0 Å². The van der Waals surface area contributed by atoms with E-state index in [-0.39, 0.29) is 24.3 Å². The molecule has 2 amide bonds. The van der Waals surface area contributed by atoms with E-state index in [4.69, 9.17) is 0 Å². The molecule has 1 aliphatic heterocycles. The molecule has 1 aromatic rings. The monoisotopic (exact) mass is 397 g/mol. The Bertz CT molecular complexity index is 782. The van der Waals surface area contributed by atoms with E-state index < -0.39 is 5.54 Å². The Balaban J connectivity index is 1.57. The van der Waals surface area contributed by atoms with Gasteiger partial charge in [0.25, 0.3) is 0 Å². The minimum absolute atomic E-state index is 0.0325. The minimum Gasteiger partial charge on any atom is -0.326 e. The van der Waals surface area contributed by atoms with E-state index in [1.807, 2.05) is 24.0 Å². The van der Waals surface area contributed by atoms with Crippen LogP contribution in [0.4, 0.5) is 5.82 Å². The lowest BCUT2D eigenvalue weighted by Gasteiger charge is -2.40. The number of hydrogen-bond donors (Lipinski definition) is 1. The van der Waals surface area contributed by atoms with Crippen molar-refractivity contribution in [3.05, 3.63) is 23.9 Å². The third-order valence-corrected chi connectivity index (χ3v) is 6.28. The van der Waals surface area contributed by atoms with Crippen molar-refractivity contribution in [1.29, 1.82) is 5.26 Å². The van der Waals surface area contributed by atoms with E-state index in [9.17, 15) is 14.9 Å². The van der Waals surface area contributed by atoms with E-state index in [0.717, 1.165) is 57.2 Å². The fraction of sp³-hybridized carbons (Fsp3) is 0.636. The molecular formula is C22H31N5O2. The number of likely N-dealkylation sites (tertiary alicyclic amines) is 1. The number of carbonyl (C=O) groups excluding carboxylic acids is 2. The molecule has 2 heterocycles. The van der Waals surface area contributed by atoms with Gasteiger partial charge in [-0.05, 0) is 51.3 Å². The van der Waals surface area contributed by atoms with Crippen LogP contribution in [0.25, 0.3) is 0 Å². The first-order valence-corrected chi connectivity index (χ1v) is 10.6. The summed E-state index contributed by atoms with van der Waals surface area (Å²) in [5, 5.41) is 12.6. The fourth-order valence-corrected chi connectivity index (χ4v) is 4.45. The summed E-state index contributed by atoms with van der Waals surface area (Å²) in [5.41, 5.74) is 0.189. The first-order chi connectivity index (χ1) is 13.9. The van der Waals surface area contributed by atoms with Crippen LogP contribution in [0.3, 0.4) is 0 Å². The standard InChI is InChI=1S/C22H31N5O2/c1-17-8-6-10-19(24-17)25-21(29)18-9-7-13-27(14-18)15-20(28)26(2)22(16-23)11-4-3-5-12-22/h6,8,10,18H,3-5,7,9,11-15H2,1-2H3,(H,24,25,29). The lowest BCUT2D eigenvalue weighted by molar-refractivity contribution is -0.137. The lowest BCUT2D eigenvalue weighted by atomic mass is 9.81. The van der Waals surface area contributed by atoms with Crippen LogP contribution in [0.15, 0.2) is 18.2 Å². The highest BCUT2D eigenvalue weighted by Gasteiger charge is 2.39. The van der Waals surface area contributed by atoms with Gasteiger partial charge in [-0.1, -0.05) is 25.3 Å². The average molecular weight is 398 g/mol. The molecule has 156 valence electrons. The van der Waals surface area contributed by atoms with Crippen LogP contribution in [0, 0.1) is 24.2 Å². The third-order valence-electron chi connectivity index (χ3n) is 6.28. The van der Waals surface area contributed by atoms with Crippen LogP contribution in [0.5, 0.6) is 0 Å². The van der Waals surface area contributed by atoms with Gasteiger partial charge < -0.3 is 10.2 Å². The molecule has 29 heavy (non-hydrogen) atoms. The average Bonchev–Trinajstić information content (AvgIpc) is 2.74. The third kappa shape index (κ3) is 5.13. The molecule has 0 spiro atoms. The van der Waals surface area contributed by atoms with E-state index in [1.165, 1.54) is 0 Å². The molecular weight excluding hydrogens is 366 g/mol. The fourth-order valence-electron chi connectivity index (χ4n) is 4.45. The summed E-state index contributed by atoms with van der Waals surface area (Å²) in [6, 6.07) is 7.96. The van der Waals surface area contributed by atoms with E-state index >= 15 is 0 Å². The second kappa shape index (κ2) is 9.36. The van der Waals surface area contributed by atoms with Crippen molar-refractivity contribution in [3.63, 3.8) is 0 Å². The zero-order chi connectivity index (χ0) is 20.9. The normalized spacial score (nSPS) is 21.8. The number of likely N-dealkylation sites (N-methyl/N-ethyl adjacent to an activating group) is 1. The predicted octanol–water partition coefficient (Wildman–Crippen LogP) is 2.73. The Labute approximate surface area is 173 Å². The number of carbonyl (C=O) groups is 2. The van der Waals surface area contributed by atoms with Crippen LogP contribution in [0.2, 0.25) is 0 Å². The smallest absolute Gasteiger partial charge is 0.237 e. The van der Waals surface area contributed by atoms with Crippen LogP contribution >= 0.6 is 0 Å². The van der Waals surface area contributed by atoms with Crippen molar-refractivity contribution in [2.45, 2.75) is 57.4 Å². The number of piperidine rings is 1.